The Kier molecular flexibility index (Phi) is 4.94. The van der Waals surface area contributed by atoms with Crippen molar-refractivity contribution in [3.05, 3.63) is 48.0 Å². The van der Waals surface area contributed by atoms with Gasteiger partial charge in [-0.25, -0.2) is 0 Å². The van der Waals surface area contributed by atoms with Crippen molar-refractivity contribution in [2.24, 2.45) is 0 Å². The van der Waals surface area contributed by atoms with Gasteiger partial charge in [0, 0.05) is 4.90 Å². The van der Waals surface area contributed by atoms with Crippen LogP contribution in [0.25, 0.3) is 0 Å². The van der Waals surface area contributed by atoms with Crippen LogP contribution in [-0.2, 0) is 9.59 Å². The molecule has 2 heterocycles. The van der Waals surface area contributed by atoms with Crippen molar-refractivity contribution in [2.45, 2.75) is 17.9 Å². The van der Waals surface area contributed by atoms with Gasteiger partial charge in [0.2, 0.25) is 11.8 Å². The topological polar surface area (TPSA) is 67.9 Å². The van der Waals surface area contributed by atoms with Crippen molar-refractivity contribution in [1.29, 1.82) is 0 Å². The molecular formula is C20H20N2O4S. The molecule has 1 N–H and O–H groups in total. The summed E-state index contributed by atoms with van der Waals surface area (Å²) in [6.07, 6.45) is 0. The summed E-state index contributed by atoms with van der Waals surface area (Å²) in [5.74, 6) is 1.50. The van der Waals surface area contributed by atoms with Crippen LogP contribution in [-0.4, -0.2) is 37.3 Å². The van der Waals surface area contributed by atoms with Crippen LogP contribution in [0.1, 0.15) is 18.5 Å². The minimum atomic E-state index is -0.210. The maximum atomic E-state index is 12.6. The number of carbonyl (C=O) groups excluding carboxylic acids is 2. The normalized spacial score (nSPS) is 16.5. The lowest BCUT2D eigenvalue weighted by Gasteiger charge is -2.29. The number of amides is 2. The van der Waals surface area contributed by atoms with Gasteiger partial charge in [-0.05, 0) is 36.8 Å². The number of hydrogen-bond acceptors (Lipinski definition) is 5. The molecule has 2 aliphatic heterocycles. The molecule has 2 aliphatic rings. The molecule has 0 radical (unpaired) electrons. The highest BCUT2D eigenvalue weighted by atomic mass is 32.2. The Bertz CT molecular complexity index is 886. The molecule has 0 bridgehead atoms. The zero-order valence-corrected chi connectivity index (χ0v) is 15.8. The van der Waals surface area contributed by atoms with Gasteiger partial charge in [0.15, 0.2) is 11.5 Å². The Hall–Kier alpha value is -2.67. The first-order chi connectivity index (χ1) is 13.1. The summed E-state index contributed by atoms with van der Waals surface area (Å²) in [5.41, 5.74) is 1.72. The fraction of sp³-hybridized carbons (Fsp3) is 0.300. The monoisotopic (exact) mass is 384 g/mol. The minimum Gasteiger partial charge on any atom is -0.486 e. The molecule has 4 rings (SSSR count). The summed E-state index contributed by atoms with van der Waals surface area (Å²) >= 11 is 1.50. The van der Waals surface area contributed by atoms with Crippen LogP contribution in [0, 0.1) is 0 Å². The van der Waals surface area contributed by atoms with Crippen LogP contribution >= 0.6 is 11.8 Å². The molecule has 0 saturated carbocycles. The van der Waals surface area contributed by atoms with Gasteiger partial charge in [0.05, 0.1) is 17.5 Å². The Morgan fingerprint density at radius 1 is 1.19 bits per heavy atom. The summed E-state index contributed by atoms with van der Waals surface area (Å²) in [6.45, 7) is 2.98. The number of fused-ring (bicyclic) bond motifs is 2. The van der Waals surface area contributed by atoms with Crippen LogP contribution < -0.4 is 19.7 Å². The van der Waals surface area contributed by atoms with Crippen molar-refractivity contribution >= 4 is 29.3 Å². The Morgan fingerprint density at radius 3 is 2.81 bits per heavy atom. The van der Waals surface area contributed by atoms with Gasteiger partial charge in [-0.1, -0.05) is 18.2 Å². The number of nitrogens with zero attached hydrogens (tertiary/aromatic N) is 1. The number of ether oxygens (including phenoxy) is 2. The summed E-state index contributed by atoms with van der Waals surface area (Å²) in [4.78, 5) is 27.4. The Morgan fingerprint density at radius 2 is 1.96 bits per heavy atom. The van der Waals surface area contributed by atoms with Crippen LogP contribution in [0.5, 0.6) is 11.5 Å². The van der Waals surface area contributed by atoms with Crippen LogP contribution in [0.3, 0.4) is 0 Å². The average molecular weight is 384 g/mol. The number of rotatable bonds is 4. The van der Waals surface area contributed by atoms with E-state index >= 15 is 0 Å². The molecule has 2 aromatic rings. The molecule has 2 aromatic carbocycles. The average Bonchev–Trinajstić information content (AvgIpc) is 2.69. The second kappa shape index (κ2) is 7.52. The standard InChI is InChI=1S/C20H20N2O4S/c1-13(14-6-7-16-17(10-14)26-9-8-25-16)21-19(23)11-22-15-4-2-3-5-18(15)27-12-20(22)24/h2-7,10,13H,8-9,11-12H2,1H3,(H,21,23). The van der Waals surface area contributed by atoms with E-state index in [9.17, 15) is 9.59 Å². The second-order valence-electron chi connectivity index (χ2n) is 6.43. The number of para-hydroxylation sites is 1. The first-order valence-corrected chi connectivity index (χ1v) is 9.81. The van der Waals surface area contributed by atoms with E-state index in [4.69, 9.17) is 9.47 Å². The predicted molar refractivity (Wildman–Crippen MR) is 104 cm³/mol. The molecule has 0 aliphatic carbocycles. The zero-order valence-electron chi connectivity index (χ0n) is 14.9. The van der Waals surface area contributed by atoms with Gasteiger partial charge >= 0.3 is 0 Å². The zero-order chi connectivity index (χ0) is 18.8. The molecule has 2 amide bonds. The quantitative estimate of drug-likeness (QED) is 0.878. The van der Waals surface area contributed by atoms with Gasteiger partial charge in [0.25, 0.3) is 0 Å². The molecule has 1 unspecified atom stereocenters. The maximum absolute atomic E-state index is 12.6. The predicted octanol–water partition coefficient (Wildman–Crippen LogP) is 2.77. The molecule has 0 fully saturated rings. The van der Waals surface area contributed by atoms with Gasteiger partial charge in [-0.3, -0.25) is 9.59 Å². The first-order valence-electron chi connectivity index (χ1n) is 8.83. The highest BCUT2D eigenvalue weighted by Gasteiger charge is 2.26. The highest BCUT2D eigenvalue weighted by molar-refractivity contribution is 8.00. The number of benzene rings is 2. The number of thioether (sulfide) groups is 1. The lowest BCUT2D eigenvalue weighted by atomic mass is 10.1. The molecular weight excluding hydrogens is 364 g/mol. The molecule has 7 heteroatoms. The molecule has 0 spiro atoms. The molecule has 1 atom stereocenters. The van der Waals surface area contributed by atoms with Gasteiger partial charge in [-0.2, -0.15) is 0 Å². The van der Waals surface area contributed by atoms with Crippen molar-refractivity contribution in [3.8, 4) is 11.5 Å². The van der Waals surface area contributed by atoms with Gasteiger partial charge < -0.3 is 19.7 Å². The van der Waals surface area contributed by atoms with E-state index in [0.717, 1.165) is 21.9 Å². The van der Waals surface area contributed by atoms with E-state index in [1.165, 1.54) is 11.8 Å². The Balaban J connectivity index is 1.44. The number of carbonyl (C=O) groups is 2. The first kappa shape index (κ1) is 17.7. The SMILES string of the molecule is CC(NC(=O)CN1C(=O)CSc2ccccc21)c1ccc2c(c1)OCCO2. The van der Waals surface area contributed by atoms with Crippen molar-refractivity contribution in [2.75, 3.05) is 30.4 Å². The third kappa shape index (κ3) is 3.73. The van der Waals surface area contributed by atoms with Gasteiger partial charge in [-0.15, -0.1) is 11.8 Å². The number of nitrogens with one attached hydrogen (secondary N) is 1. The van der Waals surface area contributed by atoms with Gasteiger partial charge in [0.1, 0.15) is 19.8 Å². The number of hydrogen-bond donors (Lipinski definition) is 1. The fourth-order valence-electron chi connectivity index (χ4n) is 3.17. The van der Waals surface area contributed by atoms with E-state index in [0.29, 0.717) is 24.7 Å². The lowest BCUT2D eigenvalue weighted by molar-refractivity contribution is -0.123. The fourth-order valence-corrected chi connectivity index (χ4v) is 4.11. The Labute approximate surface area is 161 Å². The third-order valence-electron chi connectivity index (χ3n) is 4.55. The number of anilines is 1. The van der Waals surface area contributed by atoms with Crippen LogP contribution in [0.2, 0.25) is 0 Å². The van der Waals surface area contributed by atoms with Crippen molar-refractivity contribution in [3.63, 3.8) is 0 Å². The van der Waals surface area contributed by atoms with Crippen LogP contribution in [0.4, 0.5) is 5.69 Å². The summed E-state index contributed by atoms with van der Waals surface area (Å²) in [7, 11) is 0. The van der Waals surface area contributed by atoms with E-state index in [-0.39, 0.29) is 24.4 Å². The second-order valence-corrected chi connectivity index (χ2v) is 7.45. The summed E-state index contributed by atoms with van der Waals surface area (Å²) in [5, 5.41) is 2.97. The van der Waals surface area contributed by atoms with Crippen molar-refractivity contribution < 1.29 is 19.1 Å². The van der Waals surface area contributed by atoms with E-state index in [1.54, 1.807) is 4.90 Å². The maximum Gasteiger partial charge on any atom is 0.240 e. The van der Waals surface area contributed by atoms with E-state index in [1.807, 2.05) is 49.4 Å². The van der Waals surface area contributed by atoms with E-state index < -0.39 is 0 Å². The molecule has 0 saturated heterocycles. The summed E-state index contributed by atoms with van der Waals surface area (Å²) in [6, 6.07) is 13.1. The smallest absolute Gasteiger partial charge is 0.240 e. The minimum absolute atomic E-state index is 0.00526. The highest BCUT2D eigenvalue weighted by Crippen LogP contribution is 2.35. The molecule has 0 aromatic heterocycles. The van der Waals surface area contributed by atoms with Crippen molar-refractivity contribution in [1.82, 2.24) is 5.32 Å². The molecule has 27 heavy (non-hydrogen) atoms. The molecule has 140 valence electrons. The van der Waals surface area contributed by atoms with Crippen LogP contribution in [0.15, 0.2) is 47.4 Å². The largest absolute Gasteiger partial charge is 0.486 e. The molecule has 6 nitrogen and oxygen atoms in total. The summed E-state index contributed by atoms with van der Waals surface area (Å²) < 4.78 is 11.1. The lowest BCUT2D eigenvalue weighted by Crippen LogP contribution is -2.43. The third-order valence-corrected chi connectivity index (χ3v) is 5.60. The van der Waals surface area contributed by atoms with E-state index in [2.05, 4.69) is 5.32 Å².